The number of nitrogens with zero attached hydrogens (tertiary/aromatic N) is 1. The maximum atomic E-state index is 5.54. The Balaban J connectivity index is 0.000000921. The molecule has 1 heterocycles. The van der Waals surface area contributed by atoms with Gasteiger partial charge in [0, 0.05) is 11.0 Å². The molecule has 2 N–H and O–H groups in total. The van der Waals surface area contributed by atoms with E-state index in [4.69, 9.17) is 5.73 Å². The highest BCUT2D eigenvalue weighted by molar-refractivity contribution is 7.13. The van der Waals surface area contributed by atoms with Gasteiger partial charge < -0.3 is 5.73 Å². The monoisotopic (exact) mass is 222 g/mol. The lowest BCUT2D eigenvalue weighted by molar-refractivity contribution is 1.37. The minimum atomic E-state index is 0.592. The highest BCUT2D eigenvalue weighted by Gasteiger charge is 2.00. The van der Waals surface area contributed by atoms with Gasteiger partial charge in [-0.05, 0) is 6.92 Å². The van der Waals surface area contributed by atoms with Crippen molar-refractivity contribution in [1.82, 2.24) is 4.98 Å². The highest BCUT2D eigenvalue weighted by Crippen LogP contribution is 2.20. The summed E-state index contributed by atoms with van der Waals surface area (Å²) in [4.78, 5) is 4.18. The molecule has 2 nitrogen and oxygen atoms in total. The molecule has 0 unspecified atom stereocenters. The molecule has 1 rings (SSSR count). The lowest BCUT2D eigenvalue weighted by Crippen LogP contribution is -1.84. The van der Waals surface area contributed by atoms with E-state index in [1.165, 1.54) is 11.3 Å². The summed E-state index contributed by atoms with van der Waals surface area (Å²) in [6, 6.07) is 0. The number of hydrogen-bond donors (Lipinski definition) is 1. The van der Waals surface area contributed by atoms with Gasteiger partial charge in [-0.15, -0.1) is 11.3 Å². The Morgan fingerprint density at radius 1 is 1.53 bits per heavy atom. The second kappa shape index (κ2) is 8.00. The van der Waals surface area contributed by atoms with Crippen molar-refractivity contribution in [2.75, 3.05) is 5.73 Å². The predicted octanol–water partition coefficient (Wildman–Crippen LogP) is 3.90. The summed E-state index contributed by atoms with van der Waals surface area (Å²) in [5.41, 5.74) is 7.48. The molecule has 15 heavy (non-hydrogen) atoms. The largest absolute Gasteiger partial charge is 0.375 e. The molecule has 0 saturated carbocycles. The molecule has 0 aliphatic heterocycles. The van der Waals surface area contributed by atoms with Crippen molar-refractivity contribution in [3.8, 4) is 0 Å². The van der Waals surface area contributed by atoms with Crippen LogP contribution in [-0.2, 0) is 0 Å². The maximum absolute atomic E-state index is 5.54. The second-order valence-corrected chi connectivity index (χ2v) is 3.32. The van der Waals surface area contributed by atoms with Gasteiger partial charge in [0.2, 0.25) is 0 Å². The number of nitrogens with two attached hydrogens (primary N) is 1. The Hall–Kier alpha value is -1.35. The van der Waals surface area contributed by atoms with E-state index in [0.29, 0.717) is 5.13 Å². The summed E-state index contributed by atoms with van der Waals surface area (Å²) in [5, 5.41) is 2.53. The van der Waals surface area contributed by atoms with Crippen molar-refractivity contribution in [2.24, 2.45) is 0 Å². The van der Waals surface area contributed by atoms with E-state index in [1.807, 2.05) is 44.4 Å². The number of thiazole rings is 1. The van der Waals surface area contributed by atoms with E-state index in [2.05, 4.69) is 11.6 Å². The molecule has 82 valence electrons. The zero-order valence-corrected chi connectivity index (χ0v) is 10.3. The normalized spacial score (nSPS) is 11.0. The van der Waals surface area contributed by atoms with Gasteiger partial charge in [-0.2, -0.15) is 0 Å². The third kappa shape index (κ3) is 4.61. The van der Waals surface area contributed by atoms with E-state index in [-0.39, 0.29) is 0 Å². The molecule has 0 bridgehead atoms. The average molecular weight is 222 g/mol. The topological polar surface area (TPSA) is 38.9 Å². The lowest BCUT2D eigenvalue weighted by atomic mass is 10.2. The molecule has 0 spiro atoms. The smallest absolute Gasteiger partial charge is 0.180 e. The molecular weight excluding hydrogens is 204 g/mol. The Morgan fingerprint density at radius 3 is 2.60 bits per heavy atom. The number of allylic oxidation sites excluding steroid dienone is 5. The second-order valence-electron chi connectivity index (χ2n) is 2.43. The number of hydrogen-bond acceptors (Lipinski definition) is 3. The van der Waals surface area contributed by atoms with Crippen molar-refractivity contribution in [3.63, 3.8) is 0 Å². The Kier molecular flexibility index (Phi) is 7.28. The van der Waals surface area contributed by atoms with Crippen molar-refractivity contribution in [2.45, 2.75) is 20.8 Å². The highest BCUT2D eigenvalue weighted by atomic mass is 32.1. The van der Waals surface area contributed by atoms with Crippen molar-refractivity contribution in [1.29, 1.82) is 0 Å². The van der Waals surface area contributed by atoms with Gasteiger partial charge >= 0.3 is 0 Å². The van der Waals surface area contributed by atoms with Crippen LogP contribution in [0.1, 0.15) is 26.5 Å². The predicted molar refractivity (Wildman–Crippen MR) is 70.9 cm³/mol. The molecule has 0 amide bonds. The first-order valence-electron chi connectivity index (χ1n) is 4.94. The van der Waals surface area contributed by atoms with Crippen molar-refractivity contribution in [3.05, 3.63) is 42.0 Å². The summed E-state index contributed by atoms with van der Waals surface area (Å²) < 4.78 is 0. The summed E-state index contributed by atoms with van der Waals surface area (Å²) in [6.07, 6.45) is 7.60. The van der Waals surface area contributed by atoms with Crippen LogP contribution in [0.15, 0.2) is 36.3 Å². The van der Waals surface area contributed by atoms with Gasteiger partial charge in [-0.25, -0.2) is 4.98 Å². The molecular formula is C12H18N2S. The van der Waals surface area contributed by atoms with Gasteiger partial charge in [-0.1, -0.05) is 44.7 Å². The number of anilines is 1. The van der Waals surface area contributed by atoms with E-state index in [9.17, 15) is 0 Å². The molecule has 1 aromatic rings. The van der Waals surface area contributed by atoms with E-state index in [1.54, 1.807) is 6.08 Å². The van der Waals surface area contributed by atoms with Crippen molar-refractivity contribution >= 4 is 22.0 Å². The minimum Gasteiger partial charge on any atom is -0.375 e. The summed E-state index contributed by atoms with van der Waals surface area (Å²) >= 11 is 1.44. The lowest BCUT2D eigenvalue weighted by Gasteiger charge is -1.93. The van der Waals surface area contributed by atoms with Crippen LogP contribution in [0.5, 0.6) is 0 Å². The van der Waals surface area contributed by atoms with E-state index < -0.39 is 0 Å². The first-order valence-corrected chi connectivity index (χ1v) is 5.82. The quantitative estimate of drug-likeness (QED) is 0.788. The molecule has 0 fully saturated rings. The van der Waals surface area contributed by atoms with Gasteiger partial charge in [0.1, 0.15) is 0 Å². The molecule has 0 radical (unpaired) electrons. The van der Waals surface area contributed by atoms with Crippen LogP contribution in [0.25, 0.3) is 5.57 Å². The van der Waals surface area contributed by atoms with Gasteiger partial charge in [0.05, 0.1) is 5.69 Å². The molecule has 0 aliphatic rings. The number of aromatic nitrogens is 1. The van der Waals surface area contributed by atoms with Gasteiger partial charge in [-0.3, -0.25) is 0 Å². The Bertz CT molecular complexity index is 348. The van der Waals surface area contributed by atoms with Crippen molar-refractivity contribution < 1.29 is 0 Å². The number of rotatable bonds is 3. The first-order chi connectivity index (χ1) is 7.27. The van der Waals surface area contributed by atoms with Crippen LogP contribution in [0.3, 0.4) is 0 Å². The van der Waals surface area contributed by atoms with Crippen LogP contribution in [0.4, 0.5) is 5.13 Å². The fraction of sp³-hybridized carbons (Fsp3) is 0.250. The minimum absolute atomic E-state index is 0.592. The molecule has 0 aromatic carbocycles. The zero-order chi connectivity index (χ0) is 11.7. The van der Waals surface area contributed by atoms with E-state index >= 15 is 0 Å². The standard InChI is InChI=1S/C10H12N2S.C2H6/c1-3-5-8(6-4-2)9-7-13-10(11)12-9;1-2/h3-7H,1H2,2H3,(H2,11,12);1-2H3/b6-4-,8-5+;. The fourth-order valence-corrected chi connectivity index (χ4v) is 1.53. The van der Waals surface area contributed by atoms with Crippen LogP contribution < -0.4 is 5.73 Å². The van der Waals surface area contributed by atoms with Crippen LogP contribution >= 0.6 is 11.3 Å². The van der Waals surface area contributed by atoms with Crippen LogP contribution in [-0.4, -0.2) is 4.98 Å². The molecule has 0 saturated heterocycles. The zero-order valence-electron chi connectivity index (χ0n) is 9.53. The summed E-state index contributed by atoms with van der Waals surface area (Å²) in [5.74, 6) is 0. The van der Waals surface area contributed by atoms with Crippen LogP contribution in [0.2, 0.25) is 0 Å². The maximum Gasteiger partial charge on any atom is 0.180 e. The number of nitrogen functional groups attached to an aromatic ring is 1. The molecule has 3 heteroatoms. The van der Waals surface area contributed by atoms with Crippen LogP contribution in [0, 0.1) is 0 Å². The van der Waals surface area contributed by atoms with Gasteiger partial charge in [0.25, 0.3) is 0 Å². The average Bonchev–Trinajstić information content (AvgIpc) is 2.68. The third-order valence-electron chi connectivity index (χ3n) is 1.46. The summed E-state index contributed by atoms with van der Waals surface area (Å²) in [6.45, 7) is 9.61. The Morgan fingerprint density at radius 2 is 2.20 bits per heavy atom. The SMILES string of the molecule is C=C/C=C(\C=C/C)c1csc(N)n1.CC. The fourth-order valence-electron chi connectivity index (χ4n) is 0.953. The third-order valence-corrected chi connectivity index (χ3v) is 2.14. The molecule has 1 aromatic heterocycles. The molecule has 0 atom stereocenters. The Labute approximate surface area is 95.9 Å². The first kappa shape index (κ1) is 13.7. The van der Waals surface area contributed by atoms with Gasteiger partial charge in [0.15, 0.2) is 5.13 Å². The molecule has 0 aliphatic carbocycles. The summed E-state index contributed by atoms with van der Waals surface area (Å²) in [7, 11) is 0. The van der Waals surface area contributed by atoms with E-state index in [0.717, 1.165) is 11.3 Å².